The molecule has 0 radical (unpaired) electrons. The van der Waals surface area contributed by atoms with Crippen LogP contribution in [0.5, 0.6) is 5.75 Å². The summed E-state index contributed by atoms with van der Waals surface area (Å²) in [5.41, 5.74) is 0.870. The molecule has 1 heterocycles. The lowest BCUT2D eigenvalue weighted by molar-refractivity contribution is 0.339. The molecule has 18 heavy (non-hydrogen) atoms. The molecule has 0 aliphatic carbocycles. The molecule has 1 aromatic carbocycles. The van der Waals surface area contributed by atoms with Gasteiger partial charge in [0.2, 0.25) is 4.77 Å². The van der Waals surface area contributed by atoms with Gasteiger partial charge in [0.25, 0.3) is 0 Å². The van der Waals surface area contributed by atoms with E-state index >= 15 is 0 Å². The van der Waals surface area contributed by atoms with Gasteiger partial charge >= 0.3 is 0 Å². The number of halogens is 1. The van der Waals surface area contributed by atoms with Crippen LogP contribution in [0.3, 0.4) is 0 Å². The Balaban J connectivity index is 2.33. The highest BCUT2D eigenvalue weighted by Gasteiger charge is 2.02. The third kappa shape index (κ3) is 3.05. The van der Waals surface area contributed by atoms with Crippen LogP contribution < -0.4 is 4.74 Å². The van der Waals surface area contributed by atoms with Gasteiger partial charge in [0.1, 0.15) is 12.1 Å². The minimum absolute atomic E-state index is 0.444. The number of benzene rings is 1. The molecule has 0 amide bonds. The zero-order chi connectivity index (χ0) is 13.0. The highest BCUT2D eigenvalue weighted by molar-refractivity contribution is 9.10. The summed E-state index contributed by atoms with van der Waals surface area (Å²) in [5.74, 6) is 0.777. The van der Waals surface area contributed by atoms with Gasteiger partial charge in [-0.25, -0.2) is 0 Å². The monoisotopic (exact) mass is 326 g/mol. The second-order valence-corrected chi connectivity index (χ2v) is 4.67. The Morgan fingerprint density at radius 3 is 3.11 bits per heavy atom. The SMILES string of the molecule is CCOc1ccc(Br)cc1/C=N/n1cn[nH]c1=S. The van der Waals surface area contributed by atoms with E-state index in [0.717, 1.165) is 15.8 Å². The summed E-state index contributed by atoms with van der Waals surface area (Å²) in [5, 5.41) is 10.6. The molecule has 0 bridgehead atoms. The van der Waals surface area contributed by atoms with Crippen molar-refractivity contribution >= 4 is 34.4 Å². The smallest absolute Gasteiger partial charge is 0.216 e. The topological polar surface area (TPSA) is 55.2 Å². The number of hydrogen-bond acceptors (Lipinski definition) is 4. The fraction of sp³-hybridized carbons (Fsp3) is 0.182. The molecule has 2 rings (SSSR count). The van der Waals surface area contributed by atoms with Crippen molar-refractivity contribution in [3.8, 4) is 5.75 Å². The number of H-pyrrole nitrogens is 1. The maximum Gasteiger partial charge on any atom is 0.216 e. The zero-order valence-electron chi connectivity index (χ0n) is 9.63. The molecule has 1 N–H and O–H groups in total. The van der Waals surface area contributed by atoms with E-state index in [2.05, 4.69) is 31.2 Å². The van der Waals surface area contributed by atoms with Crippen molar-refractivity contribution in [1.82, 2.24) is 14.9 Å². The number of rotatable bonds is 4. The first-order chi connectivity index (χ1) is 8.70. The maximum absolute atomic E-state index is 5.52. The van der Waals surface area contributed by atoms with E-state index in [-0.39, 0.29) is 0 Å². The van der Waals surface area contributed by atoms with E-state index in [9.17, 15) is 0 Å². The summed E-state index contributed by atoms with van der Waals surface area (Å²) in [4.78, 5) is 0. The summed E-state index contributed by atoms with van der Waals surface area (Å²) in [6.45, 7) is 2.54. The van der Waals surface area contributed by atoms with Crippen LogP contribution in [-0.2, 0) is 0 Å². The molecule has 94 valence electrons. The molecule has 0 atom stereocenters. The first-order valence-corrected chi connectivity index (χ1v) is 6.49. The van der Waals surface area contributed by atoms with Gasteiger partial charge < -0.3 is 4.74 Å². The van der Waals surface area contributed by atoms with Crippen molar-refractivity contribution in [3.63, 3.8) is 0 Å². The van der Waals surface area contributed by atoms with Gasteiger partial charge in [0.15, 0.2) is 0 Å². The van der Waals surface area contributed by atoms with E-state index in [0.29, 0.717) is 11.4 Å². The van der Waals surface area contributed by atoms with Crippen molar-refractivity contribution < 1.29 is 4.74 Å². The lowest BCUT2D eigenvalue weighted by atomic mass is 10.2. The molecule has 2 aromatic rings. The summed E-state index contributed by atoms with van der Waals surface area (Å²) < 4.78 is 8.40. The molecule has 5 nitrogen and oxygen atoms in total. The lowest BCUT2D eigenvalue weighted by Gasteiger charge is -2.06. The van der Waals surface area contributed by atoms with Crippen LogP contribution in [0.15, 0.2) is 34.1 Å². The molecular formula is C11H11BrN4OS. The first-order valence-electron chi connectivity index (χ1n) is 5.29. The highest BCUT2D eigenvalue weighted by Crippen LogP contribution is 2.21. The molecule has 1 aromatic heterocycles. The molecule has 7 heteroatoms. The number of nitrogens with one attached hydrogen (secondary N) is 1. The molecule has 0 aliphatic heterocycles. The van der Waals surface area contributed by atoms with Gasteiger partial charge in [-0.3, -0.25) is 5.10 Å². The number of ether oxygens (including phenoxy) is 1. The second-order valence-electron chi connectivity index (χ2n) is 3.37. The Kier molecular flexibility index (Phi) is 4.27. The summed E-state index contributed by atoms with van der Waals surface area (Å²) in [6.07, 6.45) is 3.19. The molecule has 0 spiro atoms. The van der Waals surface area contributed by atoms with Crippen molar-refractivity contribution in [3.05, 3.63) is 39.3 Å². The van der Waals surface area contributed by atoms with Crippen LogP contribution in [0.2, 0.25) is 0 Å². The van der Waals surface area contributed by atoms with Crippen molar-refractivity contribution in [2.24, 2.45) is 5.10 Å². The van der Waals surface area contributed by atoms with Crippen LogP contribution >= 0.6 is 28.1 Å². The number of hydrogen-bond donors (Lipinski definition) is 1. The van der Waals surface area contributed by atoms with Crippen molar-refractivity contribution in [1.29, 1.82) is 0 Å². The van der Waals surface area contributed by atoms with Gasteiger partial charge in [0.05, 0.1) is 12.8 Å². The minimum atomic E-state index is 0.444. The van der Waals surface area contributed by atoms with Gasteiger partial charge in [-0.1, -0.05) is 15.9 Å². The summed E-state index contributed by atoms with van der Waals surface area (Å²) >= 11 is 8.42. The first kappa shape index (κ1) is 13.0. The quantitative estimate of drug-likeness (QED) is 0.694. The normalized spacial score (nSPS) is 11.0. The van der Waals surface area contributed by atoms with Gasteiger partial charge in [-0.2, -0.15) is 14.9 Å². The largest absolute Gasteiger partial charge is 0.493 e. The van der Waals surface area contributed by atoms with E-state index in [1.165, 1.54) is 11.0 Å². The standard InChI is InChI=1S/C11H11BrN4OS/c1-2-17-10-4-3-9(12)5-8(10)6-14-16-7-13-15-11(16)18/h3-7H,2H2,1H3,(H,15,18)/b14-6+. The predicted octanol–water partition coefficient (Wildman–Crippen LogP) is 2.98. The Morgan fingerprint density at radius 2 is 2.44 bits per heavy atom. The highest BCUT2D eigenvalue weighted by atomic mass is 79.9. The second kappa shape index (κ2) is 5.92. The number of nitrogens with zero attached hydrogens (tertiary/aromatic N) is 3. The zero-order valence-corrected chi connectivity index (χ0v) is 12.0. The van der Waals surface area contributed by atoms with Crippen LogP contribution in [0, 0.1) is 4.77 Å². The molecule has 0 saturated carbocycles. The molecule has 0 unspecified atom stereocenters. The fourth-order valence-electron chi connectivity index (χ4n) is 1.36. The van der Waals surface area contributed by atoms with Crippen molar-refractivity contribution in [2.75, 3.05) is 6.61 Å². The van der Waals surface area contributed by atoms with E-state index in [1.807, 2.05) is 25.1 Å². The van der Waals surface area contributed by atoms with E-state index in [4.69, 9.17) is 17.0 Å². The average Bonchev–Trinajstić information content (AvgIpc) is 2.75. The Hall–Kier alpha value is -1.47. The average molecular weight is 327 g/mol. The van der Waals surface area contributed by atoms with Crippen LogP contribution in [0.25, 0.3) is 0 Å². The Morgan fingerprint density at radius 1 is 1.61 bits per heavy atom. The van der Waals surface area contributed by atoms with Gasteiger partial charge in [0, 0.05) is 10.0 Å². The number of aromatic nitrogens is 3. The van der Waals surface area contributed by atoms with Crippen LogP contribution in [0.1, 0.15) is 12.5 Å². The lowest BCUT2D eigenvalue weighted by Crippen LogP contribution is -1.97. The summed E-state index contributed by atoms with van der Waals surface area (Å²) in [7, 11) is 0. The number of aromatic amines is 1. The van der Waals surface area contributed by atoms with Gasteiger partial charge in [-0.15, -0.1) is 0 Å². The van der Waals surface area contributed by atoms with Gasteiger partial charge in [-0.05, 0) is 37.3 Å². The van der Waals surface area contributed by atoms with Crippen molar-refractivity contribution in [2.45, 2.75) is 6.92 Å². The fourth-order valence-corrected chi connectivity index (χ4v) is 1.88. The predicted molar refractivity (Wildman–Crippen MR) is 75.7 cm³/mol. The van der Waals surface area contributed by atoms with Crippen LogP contribution in [-0.4, -0.2) is 27.7 Å². The molecular weight excluding hydrogens is 316 g/mol. The van der Waals surface area contributed by atoms with E-state index in [1.54, 1.807) is 6.21 Å². The third-order valence-electron chi connectivity index (χ3n) is 2.13. The van der Waals surface area contributed by atoms with Crippen LogP contribution in [0.4, 0.5) is 0 Å². The molecule has 0 fully saturated rings. The molecule has 0 aliphatic rings. The minimum Gasteiger partial charge on any atom is -0.493 e. The van der Waals surface area contributed by atoms with E-state index < -0.39 is 0 Å². The molecule has 0 saturated heterocycles. The third-order valence-corrected chi connectivity index (χ3v) is 2.90. The Bertz CT molecular complexity index is 620. The summed E-state index contributed by atoms with van der Waals surface area (Å²) in [6, 6.07) is 5.74. The Labute approximate surface area is 118 Å². The maximum atomic E-state index is 5.52.